The number of carbonyl (C=O) groups is 1. The predicted octanol–water partition coefficient (Wildman–Crippen LogP) is 2.71. The molecule has 0 spiro atoms. The maximum Gasteiger partial charge on any atom is 0.358 e. The lowest BCUT2D eigenvalue weighted by Crippen LogP contribution is -2.11. The molecule has 0 aliphatic carbocycles. The third-order valence-electron chi connectivity index (χ3n) is 3.10. The van der Waals surface area contributed by atoms with E-state index in [1.165, 1.54) is 12.1 Å². The molecule has 1 aromatic heterocycles. The lowest BCUT2D eigenvalue weighted by Gasteiger charge is -2.08. The first kappa shape index (κ1) is 13.9. The minimum Gasteiger partial charge on any atom is -0.456 e. The first-order valence-electron chi connectivity index (χ1n) is 6.58. The van der Waals surface area contributed by atoms with E-state index in [0.29, 0.717) is 0 Å². The quantitative estimate of drug-likeness (QED) is 0.752. The zero-order valence-electron chi connectivity index (χ0n) is 11.5. The standard InChI is InChI=1S/C16H12FN3O2/c17-12-8-4-7-11-13(12)19-16(18)20-14(11)15(21)22-9-10-5-2-1-3-6-10/h1-8H,9H2,(H2,18,19,20). The zero-order valence-corrected chi connectivity index (χ0v) is 11.5. The van der Waals surface area contributed by atoms with Gasteiger partial charge in [-0.25, -0.2) is 19.2 Å². The Bertz CT molecular complexity index is 837. The zero-order chi connectivity index (χ0) is 15.5. The van der Waals surface area contributed by atoms with Crippen LogP contribution in [0.4, 0.5) is 10.3 Å². The molecule has 0 saturated carbocycles. The molecule has 2 aromatic carbocycles. The highest BCUT2D eigenvalue weighted by Gasteiger charge is 2.17. The van der Waals surface area contributed by atoms with Gasteiger partial charge in [0.2, 0.25) is 5.95 Å². The number of ether oxygens (including phenoxy) is 1. The molecule has 22 heavy (non-hydrogen) atoms. The number of rotatable bonds is 3. The monoisotopic (exact) mass is 297 g/mol. The molecule has 2 N–H and O–H groups in total. The van der Waals surface area contributed by atoms with Crippen LogP contribution < -0.4 is 5.73 Å². The number of nitrogens with zero attached hydrogens (tertiary/aromatic N) is 2. The van der Waals surface area contributed by atoms with E-state index in [4.69, 9.17) is 10.5 Å². The first-order valence-corrected chi connectivity index (χ1v) is 6.58. The van der Waals surface area contributed by atoms with Gasteiger partial charge in [-0.15, -0.1) is 0 Å². The smallest absolute Gasteiger partial charge is 0.358 e. The average Bonchev–Trinajstić information content (AvgIpc) is 2.54. The molecular weight excluding hydrogens is 285 g/mol. The summed E-state index contributed by atoms with van der Waals surface area (Å²) in [7, 11) is 0. The second-order valence-corrected chi connectivity index (χ2v) is 4.63. The van der Waals surface area contributed by atoms with Crippen LogP contribution in [-0.4, -0.2) is 15.9 Å². The summed E-state index contributed by atoms with van der Waals surface area (Å²) in [5.74, 6) is -1.42. The van der Waals surface area contributed by atoms with E-state index in [0.717, 1.165) is 5.56 Å². The SMILES string of the molecule is Nc1nc(C(=O)OCc2ccccc2)c2cccc(F)c2n1. The van der Waals surface area contributed by atoms with Gasteiger partial charge in [-0.1, -0.05) is 42.5 Å². The number of hydrogen-bond donors (Lipinski definition) is 1. The minimum atomic E-state index is -0.673. The normalized spacial score (nSPS) is 10.6. The molecule has 6 heteroatoms. The third-order valence-corrected chi connectivity index (χ3v) is 3.10. The number of halogens is 1. The number of fused-ring (bicyclic) bond motifs is 1. The van der Waals surface area contributed by atoms with Crippen LogP contribution in [0.1, 0.15) is 16.1 Å². The van der Waals surface area contributed by atoms with Crippen molar-refractivity contribution >= 4 is 22.8 Å². The maximum atomic E-state index is 13.8. The Labute approximate surface area is 125 Å². The predicted molar refractivity (Wildman–Crippen MR) is 79.5 cm³/mol. The van der Waals surface area contributed by atoms with Gasteiger partial charge in [-0.05, 0) is 11.6 Å². The van der Waals surface area contributed by atoms with Gasteiger partial charge in [0.1, 0.15) is 17.9 Å². The molecule has 0 aliphatic heterocycles. The number of benzene rings is 2. The molecule has 0 amide bonds. The molecule has 3 aromatic rings. The van der Waals surface area contributed by atoms with Crippen molar-refractivity contribution < 1.29 is 13.9 Å². The first-order chi connectivity index (χ1) is 10.6. The van der Waals surface area contributed by atoms with E-state index < -0.39 is 11.8 Å². The largest absolute Gasteiger partial charge is 0.456 e. The van der Waals surface area contributed by atoms with Crippen LogP contribution in [0.5, 0.6) is 0 Å². The molecular formula is C16H12FN3O2. The molecule has 0 unspecified atom stereocenters. The van der Waals surface area contributed by atoms with Crippen molar-refractivity contribution in [2.24, 2.45) is 0 Å². The Morgan fingerprint density at radius 1 is 1.09 bits per heavy atom. The highest BCUT2D eigenvalue weighted by atomic mass is 19.1. The third kappa shape index (κ3) is 2.71. The fourth-order valence-electron chi connectivity index (χ4n) is 2.08. The second-order valence-electron chi connectivity index (χ2n) is 4.63. The number of para-hydroxylation sites is 1. The number of hydrogen-bond acceptors (Lipinski definition) is 5. The maximum absolute atomic E-state index is 13.8. The van der Waals surface area contributed by atoms with Gasteiger partial charge in [0.05, 0.1) is 0 Å². The van der Waals surface area contributed by atoms with Crippen molar-refractivity contribution in [2.45, 2.75) is 6.61 Å². The minimum absolute atomic E-state index is 0.00154. The lowest BCUT2D eigenvalue weighted by atomic mass is 10.2. The summed E-state index contributed by atoms with van der Waals surface area (Å²) in [5.41, 5.74) is 6.34. The Morgan fingerprint density at radius 3 is 2.64 bits per heavy atom. The van der Waals surface area contributed by atoms with E-state index >= 15 is 0 Å². The van der Waals surface area contributed by atoms with Gasteiger partial charge in [0.25, 0.3) is 0 Å². The number of aromatic nitrogens is 2. The molecule has 110 valence electrons. The van der Waals surface area contributed by atoms with Crippen LogP contribution >= 0.6 is 0 Å². The molecule has 0 fully saturated rings. The van der Waals surface area contributed by atoms with Crippen molar-refractivity contribution in [3.63, 3.8) is 0 Å². The molecule has 5 nitrogen and oxygen atoms in total. The Balaban J connectivity index is 1.92. The van der Waals surface area contributed by atoms with Gasteiger partial charge in [-0.2, -0.15) is 0 Å². The molecule has 0 atom stereocenters. The summed E-state index contributed by atoms with van der Waals surface area (Å²) < 4.78 is 19.0. The highest BCUT2D eigenvalue weighted by Crippen LogP contribution is 2.20. The summed E-state index contributed by atoms with van der Waals surface area (Å²) in [5, 5.41) is 0.271. The van der Waals surface area contributed by atoms with E-state index in [-0.39, 0.29) is 29.2 Å². The van der Waals surface area contributed by atoms with Gasteiger partial charge >= 0.3 is 5.97 Å². The number of nitrogen functional groups attached to an aromatic ring is 1. The van der Waals surface area contributed by atoms with Crippen LogP contribution in [0.3, 0.4) is 0 Å². The number of carbonyl (C=O) groups excluding carboxylic acids is 1. The van der Waals surface area contributed by atoms with Crippen molar-refractivity contribution in [1.29, 1.82) is 0 Å². The van der Waals surface area contributed by atoms with Gasteiger partial charge in [0, 0.05) is 5.39 Å². The van der Waals surface area contributed by atoms with Gasteiger partial charge < -0.3 is 10.5 Å². The highest BCUT2D eigenvalue weighted by molar-refractivity contribution is 6.02. The van der Waals surface area contributed by atoms with Crippen molar-refractivity contribution in [1.82, 2.24) is 9.97 Å². The van der Waals surface area contributed by atoms with Crippen LogP contribution in [0.15, 0.2) is 48.5 Å². The van der Waals surface area contributed by atoms with Gasteiger partial charge in [0.15, 0.2) is 5.69 Å². The van der Waals surface area contributed by atoms with E-state index in [2.05, 4.69) is 9.97 Å². The van der Waals surface area contributed by atoms with Crippen LogP contribution in [0.25, 0.3) is 10.9 Å². The molecule has 0 saturated heterocycles. The number of anilines is 1. The molecule has 1 heterocycles. The van der Waals surface area contributed by atoms with Crippen LogP contribution in [-0.2, 0) is 11.3 Å². The summed E-state index contributed by atoms with van der Waals surface area (Å²) in [6.45, 7) is 0.0976. The van der Waals surface area contributed by atoms with Crippen molar-refractivity contribution in [2.75, 3.05) is 5.73 Å². The van der Waals surface area contributed by atoms with E-state index in [1.807, 2.05) is 30.3 Å². The second kappa shape index (κ2) is 5.77. The van der Waals surface area contributed by atoms with Crippen LogP contribution in [0, 0.1) is 5.82 Å². The number of nitrogens with two attached hydrogens (primary N) is 1. The summed E-state index contributed by atoms with van der Waals surface area (Å²) in [6, 6.07) is 13.5. The number of esters is 1. The lowest BCUT2D eigenvalue weighted by molar-refractivity contribution is 0.0468. The van der Waals surface area contributed by atoms with Crippen molar-refractivity contribution in [3.8, 4) is 0 Å². The summed E-state index contributed by atoms with van der Waals surface area (Å²) in [6.07, 6.45) is 0. The fraction of sp³-hybridized carbons (Fsp3) is 0.0625. The van der Waals surface area contributed by atoms with Crippen molar-refractivity contribution in [3.05, 3.63) is 65.6 Å². The Morgan fingerprint density at radius 2 is 1.86 bits per heavy atom. The van der Waals surface area contributed by atoms with E-state index in [9.17, 15) is 9.18 Å². The van der Waals surface area contributed by atoms with E-state index in [1.54, 1.807) is 6.07 Å². The molecule has 0 bridgehead atoms. The average molecular weight is 297 g/mol. The van der Waals surface area contributed by atoms with Crippen LogP contribution in [0.2, 0.25) is 0 Å². The molecule has 0 aliphatic rings. The summed E-state index contributed by atoms with van der Waals surface area (Å²) >= 11 is 0. The van der Waals surface area contributed by atoms with Gasteiger partial charge in [-0.3, -0.25) is 0 Å². The Hall–Kier alpha value is -3.02. The Kier molecular flexibility index (Phi) is 3.65. The molecule has 3 rings (SSSR count). The fourth-order valence-corrected chi connectivity index (χ4v) is 2.08. The molecule has 0 radical (unpaired) electrons. The summed E-state index contributed by atoms with van der Waals surface area (Å²) in [4.78, 5) is 19.9. The topological polar surface area (TPSA) is 78.1 Å².